The second-order valence-corrected chi connectivity index (χ2v) is 4.32. The van der Waals surface area contributed by atoms with Gasteiger partial charge in [0.15, 0.2) is 0 Å². The van der Waals surface area contributed by atoms with Crippen molar-refractivity contribution in [3.8, 4) is 0 Å². The maximum atomic E-state index is 11.8. The van der Waals surface area contributed by atoms with E-state index < -0.39 is 0 Å². The maximum Gasteiger partial charge on any atom is 0.255 e. The average Bonchev–Trinajstić information content (AvgIpc) is 2.33. The van der Waals surface area contributed by atoms with Gasteiger partial charge in [-0.25, -0.2) is 0 Å². The average molecular weight is 293 g/mol. The number of H-pyrrole nitrogens is 1. The molecule has 0 atom stereocenters. The predicted octanol–water partition coefficient (Wildman–Crippen LogP) is 2.39. The summed E-state index contributed by atoms with van der Waals surface area (Å²) in [7, 11) is 0. The largest absolute Gasteiger partial charge is 0.327 e. The molecule has 1 heterocycles. The van der Waals surface area contributed by atoms with E-state index in [0.29, 0.717) is 11.3 Å². The SMILES string of the molecule is O=C(Nc1ccc(=O)[nH]c1)c1ccc(Br)cc1. The lowest BCUT2D eigenvalue weighted by Crippen LogP contribution is -2.13. The lowest BCUT2D eigenvalue weighted by atomic mass is 10.2. The molecule has 0 aliphatic rings. The van der Waals surface area contributed by atoms with E-state index in [2.05, 4.69) is 26.2 Å². The van der Waals surface area contributed by atoms with Gasteiger partial charge < -0.3 is 10.3 Å². The topological polar surface area (TPSA) is 62.0 Å². The number of hydrogen-bond donors (Lipinski definition) is 2. The fourth-order valence-electron chi connectivity index (χ4n) is 1.29. The highest BCUT2D eigenvalue weighted by Gasteiger charge is 2.05. The van der Waals surface area contributed by atoms with Gasteiger partial charge in [0.25, 0.3) is 5.91 Å². The molecule has 0 radical (unpaired) electrons. The van der Waals surface area contributed by atoms with Gasteiger partial charge in [0.1, 0.15) is 0 Å². The minimum Gasteiger partial charge on any atom is -0.327 e. The van der Waals surface area contributed by atoms with Crippen molar-refractivity contribution in [3.63, 3.8) is 0 Å². The van der Waals surface area contributed by atoms with Crippen LogP contribution in [-0.2, 0) is 0 Å². The molecule has 2 rings (SSSR count). The van der Waals surface area contributed by atoms with Crippen molar-refractivity contribution < 1.29 is 4.79 Å². The first-order chi connectivity index (χ1) is 8.15. The molecule has 2 aromatic rings. The number of aromatic nitrogens is 1. The van der Waals surface area contributed by atoms with Crippen molar-refractivity contribution in [3.05, 3.63) is 63.0 Å². The number of carbonyl (C=O) groups is 1. The Morgan fingerprint density at radius 1 is 1.12 bits per heavy atom. The van der Waals surface area contributed by atoms with Crippen molar-refractivity contribution in [1.82, 2.24) is 4.98 Å². The Balaban J connectivity index is 2.14. The standard InChI is InChI=1S/C12H9BrN2O2/c13-9-3-1-8(2-4-9)12(17)15-10-5-6-11(16)14-7-10/h1-7H,(H,14,16)(H,15,17). The number of aromatic amines is 1. The van der Waals surface area contributed by atoms with E-state index in [9.17, 15) is 9.59 Å². The van der Waals surface area contributed by atoms with E-state index in [4.69, 9.17) is 0 Å². The van der Waals surface area contributed by atoms with Crippen LogP contribution in [0, 0.1) is 0 Å². The number of benzene rings is 1. The molecule has 0 aliphatic heterocycles. The summed E-state index contributed by atoms with van der Waals surface area (Å²) in [6.07, 6.45) is 1.46. The van der Waals surface area contributed by atoms with Crippen LogP contribution >= 0.6 is 15.9 Å². The van der Waals surface area contributed by atoms with E-state index in [1.54, 1.807) is 30.3 Å². The Kier molecular flexibility index (Phi) is 3.39. The van der Waals surface area contributed by atoms with Gasteiger partial charge in [-0.05, 0) is 30.3 Å². The third-order valence-corrected chi connectivity index (χ3v) is 2.68. The van der Waals surface area contributed by atoms with Gasteiger partial charge in [-0.2, -0.15) is 0 Å². The molecule has 0 bridgehead atoms. The lowest BCUT2D eigenvalue weighted by Gasteiger charge is -2.04. The maximum absolute atomic E-state index is 11.8. The van der Waals surface area contributed by atoms with Crippen LogP contribution in [0.15, 0.2) is 51.9 Å². The van der Waals surface area contributed by atoms with Gasteiger partial charge in [-0.3, -0.25) is 9.59 Å². The molecule has 17 heavy (non-hydrogen) atoms. The van der Waals surface area contributed by atoms with Crippen LogP contribution < -0.4 is 10.9 Å². The molecule has 0 aliphatic carbocycles. The van der Waals surface area contributed by atoms with Crippen molar-refractivity contribution in [2.45, 2.75) is 0 Å². The number of nitrogens with one attached hydrogen (secondary N) is 2. The molecule has 1 aromatic heterocycles. The number of hydrogen-bond acceptors (Lipinski definition) is 2. The Labute approximate surface area is 106 Å². The van der Waals surface area contributed by atoms with E-state index in [1.807, 2.05) is 0 Å². The summed E-state index contributed by atoms with van der Waals surface area (Å²) in [5, 5.41) is 2.68. The Bertz CT molecular complexity index is 570. The third-order valence-electron chi connectivity index (χ3n) is 2.15. The molecule has 0 spiro atoms. The number of amides is 1. The second-order valence-electron chi connectivity index (χ2n) is 3.40. The molecule has 0 saturated carbocycles. The fourth-order valence-corrected chi connectivity index (χ4v) is 1.56. The van der Waals surface area contributed by atoms with Crippen LogP contribution in [0.25, 0.3) is 0 Å². The molecule has 0 fully saturated rings. The van der Waals surface area contributed by atoms with E-state index in [1.165, 1.54) is 12.3 Å². The molecule has 4 nitrogen and oxygen atoms in total. The number of rotatable bonds is 2. The van der Waals surface area contributed by atoms with Gasteiger partial charge in [0.2, 0.25) is 5.56 Å². The zero-order valence-corrected chi connectivity index (χ0v) is 10.3. The van der Waals surface area contributed by atoms with Crippen molar-refractivity contribution in [2.24, 2.45) is 0 Å². The summed E-state index contributed by atoms with van der Waals surface area (Å²) < 4.78 is 0.915. The predicted molar refractivity (Wildman–Crippen MR) is 69.2 cm³/mol. The third kappa shape index (κ3) is 3.04. The van der Waals surface area contributed by atoms with Crippen LogP contribution in [0.2, 0.25) is 0 Å². The summed E-state index contributed by atoms with van der Waals surface area (Å²) in [6.45, 7) is 0. The first kappa shape index (κ1) is 11.6. The zero-order chi connectivity index (χ0) is 12.3. The fraction of sp³-hybridized carbons (Fsp3) is 0. The second kappa shape index (κ2) is 4.97. The molecule has 1 amide bonds. The molecule has 5 heteroatoms. The van der Waals surface area contributed by atoms with E-state index >= 15 is 0 Å². The Morgan fingerprint density at radius 2 is 1.82 bits per heavy atom. The minimum atomic E-state index is -0.218. The van der Waals surface area contributed by atoms with Crippen molar-refractivity contribution in [1.29, 1.82) is 0 Å². The molecule has 86 valence electrons. The Hall–Kier alpha value is -1.88. The van der Waals surface area contributed by atoms with Crippen molar-refractivity contribution in [2.75, 3.05) is 5.32 Å². The summed E-state index contributed by atoms with van der Waals surface area (Å²) >= 11 is 3.30. The molecular weight excluding hydrogens is 284 g/mol. The number of carbonyl (C=O) groups excluding carboxylic acids is 1. The van der Waals surface area contributed by atoms with Gasteiger partial charge in [-0.1, -0.05) is 15.9 Å². The molecule has 0 saturated heterocycles. The Morgan fingerprint density at radius 3 is 2.41 bits per heavy atom. The monoisotopic (exact) mass is 292 g/mol. The first-order valence-corrected chi connectivity index (χ1v) is 5.70. The van der Waals surface area contributed by atoms with Gasteiger partial charge >= 0.3 is 0 Å². The molecule has 1 aromatic carbocycles. The van der Waals surface area contributed by atoms with Gasteiger partial charge in [0, 0.05) is 22.3 Å². The highest BCUT2D eigenvalue weighted by Crippen LogP contribution is 2.12. The minimum absolute atomic E-state index is 0.202. The summed E-state index contributed by atoms with van der Waals surface area (Å²) in [6, 6.07) is 9.92. The van der Waals surface area contributed by atoms with Crippen LogP contribution in [0.3, 0.4) is 0 Å². The van der Waals surface area contributed by atoms with Crippen LogP contribution in [0.1, 0.15) is 10.4 Å². The lowest BCUT2D eigenvalue weighted by molar-refractivity contribution is 0.102. The van der Waals surface area contributed by atoms with Crippen LogP contribution in [-0.4, -0.2) is 10.9 Å². The van der Waals surface area contributed by atoms with Crippen molar-refractivity contribution >= 4 is 27.5 Å². The van der Waals surface area contributed by atoms with Crippen LogP contribution in [0.5, 0.6) is 0 Å². The summed E-state index contributed by atoms with van der Waals surface area (Å²) in [4.78, 5) is 25.1. The highest BCUT2D eigenvalue weighted by molar-refractivity contribution is 9.10. The molecule has 2 N–H and O–H groups in total. The molecule has 0 unspecified atom stereocenters. The van der Waals surface area contributed by atoms with E-state index in [-0.39, 0.29) is 11.5 Å². The highest BCUT2D eigenvalue weighted by atomic mass is 79.9. The van der Waals surface area contributed by atoms with Gasteiger partial charge in [0.05, 0.1) is 5.69 Å². The van der Waals surface area contributed by atoms with E-state index in [0.717, 1.165) is 4.47 Å². The number of halogens is 1. The number of pyridine rings is 1. The zero-order valence-electron chi connectivity index (χ0n) is 8.74. The number of anilines is 1. The normalized spacial score (nSPS) is 9.94. The first-order valence-electron chi connectivity index (χ1n) is 4.91. The summed E-state index contributed by atoms with van der Waals surface area (Å²) in [5.41, 5.74) is 0.906. The smallest absolute Gasteiger partial charge is 0.255 e. The van der Waals surface area contributed by atoms with Crippen LogP contribution in [0.4, 0.5) is 5.69 Å². The van der Waals surface area contributed by atoms with Gasteiger partial charge in [-0.15, -0.1) is 0 Å². The summed E-state index contributed by atoms with van der Waals surface area (Å²) in [5.74, 6) is -0.218. The quantitative estimate of drug-likeness (QED) is 0.893. The molecular formula is C12H9BrN2O2.